The molecule has 2 aromatic carbocycles. The number of esters is 1. The van der Waals surface area contributed by atoms with Crippen LogP contribution in [0.4, 0.5) is 0 Å². The number of halogens is 1. The van der Waals surface area contributed by atoms with Crippen molar-refractivity contribution in [3.8, 4) is 11.4 Å². The van der Waals surface area contributed by atoms with E-state index in [1.807, 2.05) is 6.07 Å². The highest BCUT2D eigenvalue weighted by atomic mass is 35.5. The van der Waals surface area contributed by atoms with Crippen LogP contribution in [-0.4, -0.2) is 35.4 Å². The second-order valence-corrected chi connectivity index (χ2v) is 6.90. The molecule has 7 nitrogen and oxygen atoms in total. The number of rotatable bonds is 8. The van der Waals surface area contributed by atoms with E-state index in [4.69, 9.17) is 21.1 Å². The third kappa shape index (κ3) is 5.39. The molecule has 1 unspecified atom stereocenters. The van der Waals surface area contributed by atoms with Gasteiger partial charge in [-0.25, -0.2) is 4.68 Å². The Bertz CT molecular complexity index is 1020. The standard InChI is InChI=1S/C22H22ClN3O4/c1-3-30-21(27)12-20(15-5-4-6-19(11-15)29-2)25-22(28)16-13-24-26(14-16)18-9-7-17(23)8-10-18/h4-11,13-14,20H,3,12H2,1-2H3,(H,25,28). The summed E-state index contributed by atoms with van der Waals surface area (Å²) >= 11 is 5.92. The first-order chi connectivity index (χ1) is 14.5. The number of ether oxygens (including phenoxy) is 2. The smallest absolute Gasteiger partial charge is 0.308 e. The number of nitrogens with zero attached hydrogens (tertiary/aromatic N) is 2. The number of methoxy groups -OCH3 is 1. The Morgan fingerprint density at radius 2 is 1.97 bits per heavy atom. The number of hydrogen-bond acceptors (Lipinski definition) is 5. The molecule has 30 heavy (non-hydrogen) atoms. The van der Waals surface area contributed by atoms with Crippen LogP contribution in [-0.2, 0) is 9.53 Å². The van der Waals surface area contributed by atoms with E-state index < -0.39 is 12.0 Å². The van der Waals surface area contributed by atoms with Gasteiger partial charge in [-0.05, 0) is 48.9 Å². The van der Waals surface area contributed by atoms with Gasteiger partial charge in [0.25, 0.3) is 5.91 Å². The molecule has 3 aromatic rings. The van der Waals surface area contributed by atoms with E-state index in [0.29, 0.717) is 16.3 Å². The number of benzene rings is 2. The van der Waals surface area contributed by atoms with Crippen molar-refractivity contribution < 1.29 is 19.1 Å². The van der Waals surface area contributed by atoms with Gasteiger partial charge in [-0.3, -0.25) is 9.59 Å². The van der Waals surface area contributed by atoms with Gasteiger partial charge in [-0.2, -0.15) is 5.10 Å². The highest BCUT2D eigenvalue weighted by Gasteiger charge is 2.21. The van der Waals surface area contributed by atoms with Gasteiger partial charge >= 0.3 is 5.97 Å². The molecule has 0 saturated carbocycles. The SMILES string of the molecule is CCOC(=O)CC(NC(=O)c1cnn(-c2ccc(Cl)cc2)c1)c1cccc(OC)c1. The van der Waals surface area contributed by atoms with E-state index in [9.17, 15) is 9.59 Å². The molecule has 0 saturated heterocycles. The first-order valence-electron chi connectivity index (χ1n) is 9.41. The molecular weight excluding hydrogens is 406 g/mol. The number of aromatic nitrogens is 2. The van der Waals surface area contributed by atoms with Crippen molar-refractivity contribution in [3.05, 3.63) is 77.1 Å². The lowest BCUT2D eigenvalue weighted by atomic mass is 10.0. The van der Waals surface area contributed by atoms with Crippen molar-refractivity contribution in [2.75, 3.05) is 13.7 Å². The van der Waals surface area contributed by atoms with Crippen LogP contribution in [0.5, 0.6) is 5.75 Å². The molecule has 1 atom stereocenters. The maximum absolute atomic E-state index is 12.9. The minimum atomic E-state index is -0.578. The molecule has 0 spiro atoms. The lowest BCUT2D eigenvalue weighted by Crippen LogP contribution is -2.30. The zero-order valence-electron chi connectivity index (χ0n) is 16.7. The van der Waals surface area contributed by atoms with Crippen LogP contribution < -0.4 is 10.1 Å². The fraction of sp³-hybridized carbons (Fsp3) is 0.227. The Labute approximate surface area is 179 Å². The average Bonchev–Trinajstić information content (AvgIpc) is 3.24. The second kappa shape index (κ2) is 9.93. The maximum Gasteiger partial charge on any atom is 0.308 e. The van der Waals surface area contributed by atoms with E-state index >= 15 is 0 Å². The lowest BCUT2D eigenvalue weighted by Gasteiger charge is -2.19. The van der Waals surface area contributed by atoms with Crippen LogP contribution in [0.3, 0.4) is 0 Å². The molecule has 1 aromatic heterocycles. The average molecular weight is 428 g/mol. The number of nitrogens with one attached hydrogen (secondary N) is 1. The molecule has 0 bridgehead atoms. The third-order valence-electron chi connectivity index (χ3n) is 4.41. The van der Waals surface area contributed by atoms with Gasteiger partial charge in [0.15, 0.2) is 0 Å². The summed E-state index contributed by atoms with van der Waals surface area (Å²) in [5, 5.41) is 7.75. The summed E-state index contributed by atoms with van der Waals surface area (Å²) in [4.78, 5) is 24.9. The molecule has 1 N–H and O–H groups in total. The minimum Gasteiger partial charge on any atom is -0.497 e. The summed E-state index contributed by atoms with van der Waals surface area (Å²) in [5.41, 5.74) is 1.87. The van der Waals surface area contributed by atoms with Crippen molar-refractivity contribution >= 4 is 23.5 Å². The topological polar surface area (TPSA) is 82.5 Å². The van der Waals surface area contributed by atoms with Gasteiger partial charge in [0.05, 0.1) is 43.6 Å². The van der Waals surface area contributed by atoms with Gasteiger partial charge in [-0.15, -0.1) is 0 Å². The quantitative estimate of drug-likeness (QED) is 0.550. The summed E-state index contributed by atoms with van der Waals surface area (Å²) in [5.74, 6) is -0.124. The van der Waals surface area contributed by atoms with Gasteiger partial charge < -0.3 is 14.8 Å². The zero-order chi connectivity index (χ0) is 21.5. The molecule has 0 radical (unpaired) electrons. The summed E-state index contributed by atoms with van der Waals surface area (Å²) in [6.45, 7) is 2.01. The van der Waals surface area contributed by atoms with Gasteiger partial charge in [0, 0.05) is 11.2 Å². The Morgan fingerprint density at radius 3 is 2.67 bits per heavy atom. The summed E-state index contributed by atoms with van der Waals surface area (Å²) in [6.07, 6.45) is 3.08. The van der Waals surface area contributed by atoms with Crippen LogP contribution in [0.1, 0.15) is 35.3 Å². The van der Waals surface area contributed by atoms with Gasteiger partial charge in [-0.1, -0.05) is 23.7 Å². The summed E-state index contributed by atoms with van der Waals surface area (Å²) < 4.78 is 11.9. The van der Waals surface area contributed by atoms with Crippen LogP contribution in [0, 0.1) is 0 Å². The minimum absolute atomic E-state index is 0.00192. The summed E-state index contributed by atoms with van der Waals surface area (Å²) in [6, 6.07) is 13.7. The van der Waals surface area contributed by atoms with Crippen molar-refractivity contribution in [1.82, 2.24) is 15.1 Å². The Hall–Kier alpha value is -3.32. The van der Waals surface area contributed by atoms with Crippen molar-refractivity contribution in [2.45, 2.75) is 19.4 Å². The Kier molecular flexibility index (Phi) is 7.08. The second-order valence-electron chi connectivity index (χ2n) is 6.46. The van der Waals surface area contributed by atoms with Crippen LogP contribution in [0.25, 0.3) is 5.69 Å². The molecule has 0 aliphatic carbocycles. The van der Waals surface area contributed by atoms with Crippen LogP contribution in [0.2, 0.25) is 5.02 Å². The van der Waals surface area contributed by atoms with E-state index in [1.165, 1.54) is 6.20 Å². The normalized spacial score (nSPS) is 11.6. The van der Waals surface area contributed by atoms with Crippen molar-refractivity contribution in [2.24, 2.45) is 0 Å². The molecule has 1 amide bonds. The number of carbonyl (C=O) groups is 2. The monoisotopic (exact) mass is 427 g/mol. The van der Waals surface area contributed by atoms with Crippen LogP contribution >= 0.6 is 11.6 Å². The molecule has 8 heteroatoms. The Morgan fingerprint density at radius 1 is 1.20 bits per heavy atom. The molecular formula is C22H22ClN3O4. The summed E-state index contributed by atoms with van der Waals surface area (Å²) in [7, 11) is 1.56. The molecule has 1 heterocycles. The maximum atomic E-state index is 12.9. The van der Waals surface area contributed by atoms with E-state index in [0.717, 1.165) is 11.3 Å². The number of amides is 1. The fourth-order valence-corrected chi connectivity index (χ4v) is 3.04. The zero-order valence-corrected chi connectivity index (χ0v) is 17.4. The van der Waals surface area contributed by atoms with Crippen molar-refractivity contribution in [1.29, 1.82) is 0 Å². The number of hydrogen-bond donors (Lipinski definition) is 1. The highest BCUT2D eigenvalue weighted by molar-refractivity contribution is 6.30. The number of carbonyl (C=O) groups excluding carboxylic acids is 2. The molecule has 0 aliphatic rings. The van der Waals surface area contributed by atoms with Gasteiger partial charge in [0.2, 0.25) is 0 Å². The van der Waals surface area contributed by atoms with Gasteiger partial charge in [0.1, 0.15) is 5.75 Å². The third-order valence-corrected chi connectivity index (χ3v) is 4.67. The van der Waals surface area contributed by atoms with Crippen molar-refractivity contribution in [3.63, 3.8) is 0 Å². The molecule has 156 valence electrons. The predicted octanol–water partition coefficient (Wildman–Crippen LogP) is 3.96. The van der Waals surface area contributed by atoms with E-state index in [1.54, 1.807) is 67.4 Å². The van der Waals surface area contributed by atoms with E-state index in [-0.39, 0.29) is 18.9 Å². The van der Waals surface area contributed by atoms with E-state index in [2.05, 4.69) is 10.4 Å². The molecule has 3 rings (SSSR count). The van der Waals surface area contributed by atoms with Crippen LogP contribution in [0.15, 0.2) is 60.9 Å². The first-order valence-corrected chi connectivity index (χ1v) is 9.79. The largest absolute Gasteiger partial charge is 0.497 e. The molecule has 0 aliphatic heterocycles. The molecule has 0 fully saturated rings. The highest BCUT2D eigenvalue weighted by Crippen LogP contribution is 2.23. The lowest BCUT2D eigenvalue weighted by molar-refractivity contribution is -0.143. The predicted molar refractivity (Wildman–Crippen MR) is 113 cm³/mol. The first kappa shape index (κ1) is 21.4. The fourth-order valence-electron chi connectivity index (χ4n) is 2.91. The Balaban J connectivity index is 1.80.